The molecule has 1 aliphatic carbocycles. The summed E-state index contributed by atoms with van der Waals surface area (Å²) in [6, 6.07) is 9.06. The Morgan fingerprint density at radius 2 is 1.91 bits per heavy atom. The molecule has 2 saturated heterocycles. The summed E-state index contributed by atoms with van der Waals surface area (Å²) in [6.07, 6.45) is 8.27. The molecule has 7 nitrogen and oxygen atoms in total. The van der Waals surface area contributed by atoms with Crippen molar-refractivity contribution in [2.45, 2.75) is 59.7 Å². The molecule has 0 spiro atoms. The lowest BCUT2D eigenvalue weighted by Gasteiger charge is -2.30. The summed E-state index contributed by atoms with van der Waals surface area (Å²) in [5, 5.41) is 7.08. The molecule has 3 heterocycles. The Hall–Kier alpha value is -2.10. The first-order valence-corrected chi connectivity index (χ1v) is 14.2. The Kier molecular flexibility index (Phi) is 6.62. The van der Waals surface area contributed by atoms with Crippen LogP contribution in [-0.2, 0) is 21.2 Å². The molecule has 2 N–H and O–H groups in total. The van der Waals surface area contributed by atoms with E-state index in [4.69, 9.17) is 0 Å². The van der Waals surface area contributed by atoms with Crippen LogP contribution in [0.4, 0.5) is 5.69 Å². The molecule has 1 saturated carbocycles. The number of nitrogens with one attached hydrogen (secondary N) is 2. The first-order valence-electron chi connectivity index (χ1n) is 11.7. The summed E-state index contributed by atoms with van der Waals surface area (Å²) in [5.74, 6) is 1.15. The second kappa shape index (κ2) is 9.64. The second-order valence-electron chi connectivity index (χ2n) is 9.11. The summed E-state index contributed by atoms with van der Waals surface area (Å²) in [5.41, 5.74) is 1.74. The van der Waals surface area contributed by atoms with Crippen molar-refractivity contribution in [3.05, 3.63) is 48.3 Å². The lowest BCUT2D eigenvalue weighted by molar-refractivity contribution is -0.126. The number of amides is 1. The first kappa shape index (κ1) is 22.7. The zero-order chi connectivity index (χ0) is 22.8. The fourth-order valence-electron chi connectivity index (χ4n) is 5.01. The molecule has 1 amide bonds. The third-order valence-electron chi connectivity index (χ3n) is 6.99. The monoisotopic (exact) mass is 486 g/mol. The highest BCUT2D eigenvalue weighted by Crippen LogP contribution is 2.36. The maximum Gasteiger partial charge on any atom is 0.223 e. The van der Waals surface area contributed by atoms with Crippen molar-refractivity contribution >= 4 is 33.2 Å². The van der Waals surface area contributed by atoms with E-state index in [1.165, 1.54) is 6.20 Å². The van der Waals surface area contributed by atoms with E-state index < -0.39 is 9.84 Å². The minimum atomic E-state index is -3.65. The molecule has 1 aromatic carbocycles. The highest BCUT2D eigenvalue weighted by atomic mass is 32.2. The van der Waals surface area contributed by atoms with Gasteiger partial charge in [0.05, 0.1) is 21.7 Å². The zero-order valence-corrected chi connectivity index (χ0v) is 20.2. The number of thioether (sulfide) groups is 1. The fourth-order valence-corrected chi connectivity index (χ4v) is 7.61. The molecule has 0 radical (unpaired) electrons. The van der Waals surface area contributed by atoms with Crippen LogP contribution in [0.1, 0.15) is 37.7 Å². The summed E-state index contributed by atoms with van der Waals surface area (Å²) in [6.45, 7) is 2.27. The number of sulfone groups is 1. The van der Waals surface area contributed by atoms with E-state index in [9.17, 15) is 13.2 Å². The summed E-state index contributed by atoms with van der Waals surface area (Å²) in [4.78, 5) is 19.5. The van der Waals surface area contributed by atoms with Crippen molar-refractivity contribution in [3.8, 4) is 0 Å². The molecule has 1 aromatic heterocycles. The summed E-state index contributed by atoms with van der Waals surface area (Å²) >= 11 is 1.92. The Balaban J connectivity index is 1.21. The summed E-state index contributed by atoms with van der Waals surface area (Å²) < 4.78 is 26.3. The van der Waals surface area contributed by atoms with Gasteiger partial charge in [-0.05, 0) is 55.9 Å². The highest BCUT2D eigenvalue weighted by Gasteiger charge is 2.36. The average Bonchev–Trinajstić information content (AvgIpc) is 3.55. The molecule has 3 unspecified atom stereocenters. The number of nitrogens with zero attached hydrogens (tertiary/aromatic N) is 2. The standard InChI is InChI=1S/C24H30N4O3S2/c29-24(18-5-8-22-23(11-18)32-16-27-22)26-13-17-3-6-20(7-4-17)33(30,31)21-12-19(14-25-15-21)28-9-1-2-10-28/h3-4,6-7,12,14-15,18,22-23,27H,1-2,5,8-11,13,16H2,(H,26,29). The van der Waals surface area contributed by atoms with Gasteiger partial charge < -0.3 is 15.5 Å². The Bertz CT molecular complexity index is 1100. The smallest absolute Gasteiger partial charge is 0.223 e. The quantitative estimate of drug-likeness (QED) is 0.649. The molecule has 3 aliphatic rings. The fraction of sp³-hybridized carbons (Fsp3) is 0.500. The Morgan fingerprint density at radius 3 is 2.70 bits per heavy atom. The van der Waals surface area contributed by atoms with Crippen LogP contribution in [0, 0.1) is 5.92 Å². The average molecular weight is 487 g/mol. The van der Waals surface area contributed by atoms with Crippen molar-refractivity contribution in [2.24, 2.45) is 5.92 Å². The van der Waals surface area contributed by atoms with Crippen LogP contribution < -0.4 is 15.5 Å². The van der Waals surface area contributed by atoms with Crippen LogP contribution in [0.15, 0.2) is 52.5 Å². The van der Waals surface area contributed by atoms with Crippen molar-refractivity contribution in [3.63, 3.8) is 0 Å². The number of hydrogen-bond acceptors (Lipinski definition) is 7. The van der Waals surface area contributed by atoms with Gasteiger partial charge in [-0.15, -0.1) is 11.8 Å². The van der Waals surface area contributed by atoms with Crippen LogP contribution in [0.3, 0.4) is 0 Å². The number of carbonyl (C=O) groups is 1. The molecule has 2 aliphatic heterocycles. The van der Waals surface area contributed by atoms with Gasteiger partial charge in [0.2, 0.25) is 15.7 Å². The molecule has 176 valence electrons. The number of pyridine rings is 1. The number of rotatable bonds is 6. The van der Waals surface area contributed by atoms with E-state index in [1.54, 1.807) is 36.5 Å². The van der Waals surface area contributed by atoms with Gasteiger partial charge in [-0.1, -0.05) is 12.1 Å². The van der Waals surface area contributed by atoms with Gasteiger partial charge in [-0.2, -0.15) is 0 Å². The molecular weight excluding hydrogens is 456 g/mol. The van der Waals surface area contributed by atoms with Crippen LogP contribution >= 0.6 is 11.8 Å². The number of hydrogen-bond donors (Lipinski definition) is 2. The third kappa shape index (κ3) is 4.90. The minimum Gasteiger partial charge on any atom is -0.370 e. The normalized spacial score (nSPS) is 25.1. The molecule has 33 heavy (non-hydrogen) atoms. The molecule has 5 rings (SSSR count). The van der Waals surface area contributed by atoms with Gasteiger partial charge in [0.15, 0.2) is 0 Å². The van der Waals surface area contributed by atoms with E-state index in [0.29, 0.717) is 17.8 Å². The third-order valence-corrected chi connectivity index (χ3v) is 10.0. The molecule has 3 fully saturated rings. The highest BCUT2D eigenvalue weighted by molar-refractivity contribution is 8.00. The number of fused-ring (bicyclic) bond motifs is 1. The van der Waals surface area contributed by atoms with E-state index in [0.717, 1.165) is 62.3 Å². The molecule has 0 bridgehead atoms. The maximum atomic E-state index is 13.1. The number of aromatic nitrogens is 1. The topological polar surface area (TPSA) is 91.4 Å². The van der Waals surface area contributed by atoms with Crippen LogP contribution in [-0.4, -0.2) is 49.6 Å². The van der Waals surface area contributed by atoms with Crippen molar-refractivity contribution in [2.75, 3.05) is 23.9 Å². The number of carbonyl (C=O) groups excluding carboxylic acids is 1. The van der Waals surface area contributed by atoms with Crippen LogP contribution in [0.2, 0.25) is 0 Å². The van der Waals surface area contributed by atoms with Crippen molar-refractivity contribution < 1.29 is 13.2 Å². The largest absolute Gasteiger partial charge is 0.370 e. The van der Waals surface area contributed by atoms with E-state index in [1.807, 2.05) is 11.8 Å². The SMILES string of the molecule is O=C(NCc1ccc(S(=O)(=O)c2cncc(N3CCCC3)c2)cc1)C1CCC2NCSC2C1. The molecule has 2 aromatic rings. The Labute approximate surface area is 199 Å². The van der Waals surface area contributed by atoms with Crippen LogP contribution in [0.5, 0.6) is 0 Å². The summed E-state index contributed by atoms with van der Waals surface area (Å²) in [7, 11) is -3.65. The second-order valence-corrected chi connectivity index (χ2v) is 12.3. The van der Waals surface area contributed by atoms with Crippen LogP contribution in [0.25, 0.3) is 0 Å². The predicted octanol–water partition coefficient (Wildman–Crippen LogP) is 2.96. The Morgan fingerprint density at radius 1 is 1.12 bits per heavy atom. The molecular formula is C24H30N4O3S2. The van der Waals surface area contributed by atoms with Crippen molar-refractivity contribution in [1.82, 2.24) is 15.6 Å². The predicted molar refractivity (Wildman–Crippen MR) is 130 cm³/mol. The molecule has 3 atom stereocenters. The van der Waals surface area contributed by atoms with Gasteiger partial charge in [-0.3, -0.25) is 9.78 Å². The van der Waals surface area contributed by atoms with Gasteiger partial charge >= 0.3 is 0 Å². The van der Waals surface area contributed by atoms with Gasteiger partial charge in [0, 0.05) is 48.9 Å². The van der Waals surface area contributed by atoms with E-state index >= 15 is 0 Å². The number of anilines is 1. The van der Waals surface area contributed by atoms with Gasteiger partial charge in [-0.25, -0.2) is 8.42 Å². The zero-order valence-electron chi connectivity index (χ0n) is 18.6. The van der Waals surface area contributed by atoms with E-state index in [-0.39, 0.29) is 21.6 Å². The maximum absolute atomic E-state index is 13.1. The first-order chi connectivity index (χ1) is 16.0. The lowest BCUT2D eigenvalue weighted by Crippen LogP contribution is -2.41. The van der Waals surface area contributed by atoms with Crippen molar-refractivity contribution in [1.29, 1.82) is 0 Å². The minimum absolute atomic E-state index is 0.0636. The lowest BCUT2D eigenvalue weighted by atomic mass is 9.85. The number of benzene rings is 1. The van der Waals surface area contributed by atoms with Gasteiger partial charge in [0.1, 0.15) is 0 Å². The molecule has 9 heteroatoms. The van der Waals surface area contributed by atoms with Gasteiger partial charge in [0.25, 0.3) is 0 Å². The van der Waals surface area contributed by atoms with E-state index in [2.05, 4.69) is 20.5 Å².